The highest BCUT2D eigenvalue weighted by Crippen LogP contribution is 2.43. The number of Topliss-reactive ketones (excluding diaryl/α,β-unsaturated/α-hetero) is 1. The van der Waals surface area contributed by atoms with E-state index in [0.29, 0.717) is 29.7 Å². The van der Waals surface area contributed by atoms with Crippen LogP contribution in [0.3, 0.4) is 0 Å². The topological polar surface area (TPSA) is 102 Å². The molecule has 7 heteroatoms. The summed E-state index contributed by atoms with van der Waals surface area (Å²) in [6, 6.07) is 9.39. The number of aliphatic hydroxyl groups excluding tert-OH is 1. The summed E-state index contributed by atoms with van der Waals surface area (Å²) in [6.07, 6.45) is 0.670. The Morgan fingerprint density at radius 1 is 1.04 bits per heavy atom. The van der Waals surface area contributed by atoms with Crippen LogP contribution >= 0.6 is 12.2 Å². The van der Waals surface area contributed by atoms with Gasteiger partial charge in [-0.05, 0) is 23.2 Å². The molecule has 27 heavy (non-hydrogen) atoms. The number of allylic oxidation sites excluding steroid dienone is 2. The second kappa shape index (κ2) is 6.06. The minimum atomic E-state index is -0.403. The summed E-state index contributed by atoms with van der Waals surface area (Å²) in [5, 5.41) is 11.0. The Kier molecular flexibility index (Phi) is 3.92. The number of aromatic nitrogens is 3. The fourth-order valence-corrected chi connectivity index (χ4v) is 3.97. The van der Waals surface area contributed by atoms with E-state index in [1.54, 1.807) is 0 Å². The van der Waals surface area contributed by atoms with Crippen molar-refractivity contribution in [1.82, 2.24) is 15.0 Å². The number of fused-ring (bicyclic) bond motifs is 1. The third kappa shape index (κ3) is 2.94. The quantitative estimate of drug-likeness (QED) is 0.499. The van der Waals surface area contributed by atoms with E-state index in [1.807, 2.05) is 44.2 Å². The SMILES string of the molecule is CC1(C)CC(=O)C(c2c(-c3ccccc3)[nH]c3[nH]c(=S)[nH]c(=O)c23)=C(O)C1. The first-order chi connectivity index (χ1) is 12.8. The van der Waals surface area contributed by atoms with Gasteiger partial charge in [0.2, 0.25) is 0 Å². The Hall–Kier alpha value is -2.93. The van der Waals surface area contributed by atoms with Gasteiger partial charge < -0.3 is 15.1 Å². The number of ketones is 1. The molecule has 1 aliphatic carbocycles. The Morgan fingerprint density at radius 3 is 2.41 bits per heavy atom. The molecule has 0 bridgehead atoms. The molecule has 4 N–H and O–H groups in total. The van der Waals surface area contributed by atoms with Gasteiger partial charge in [0.25, 0.3) is 5.56 Å². The Bertz CT molecular complexity index is 1210. The highest BCUT2D eigenvalue weighted by Gasteiger charge is 2.36. The van der Waals surface area contributed by atoms with Crippen molar-refractivity contribution in [1.29, 1.82) is 0 Å². The fourth-order valence-electron chi connectivity index (χ4n) is 3.77. The number of carbonyl (C=O) groups is 1. The lowest BCUT2D eigenvalue weighted by atomic mass is 9.74. The van der Waals surface area contributed by atoms with Gasteiger partial charge in [-0.2, -0.15) is 0 Å². The zero-order chi connectivity index (χ0) is 19.3. The van der Waals surface area contributed by atoms with Gasteiger partial charge in [-0.1, -0.05) is 44.2 Å². The van der Waals surface area contributed by atoms with Crippen LogP contribution in [-0.4, -0.2) is 25.8 Å². The highest BCUT2D eigenvalue weighted by molar-refractivity contribution is 7.71. The number of hydrogen-bond acceptors (Lipinski definition) is 4. The summed E-state index contributed by atoms with van der Waals surface area (Å²) < 4.78 is 0.189. The molecule has 0 spiro atoms. The van der Waals surface area contributed by atoms with Crippen molar-refractivity contribution < 1.29 is 9.90 Å². The second-order valence-electron chi connectivity index (χ2n) is 7.66. The molecule has 2 aromatic heterocycles. The zero-order valence-corrected chi connectivity index (χ0v) is 15.8. The number of hydrogen-bond donors (Lipinski definition) is 4. The highest BCUT2D eigenvalue weighted by atomic mass is 32.1. The summed E-state index contributed by atoms with van der Waals surface area (Å²) >= 11 is 5.07. The van der Waals surface area contributed by atoms with Crippen LogP contribution in [0.25, 0.3) is 27.9 Å². The first-order valence-electron chi connectivity index (χ1n) is 8.66. The van der Waals surface area contributed by atoms with E-state index in [9.17, 15) is 14.7 Å². The number of nitrogens with one attached hydrogen (secondary N) is 3. The molecule has 0 radical (unpaired) electrons. The van der Waals surface area contributed by atoms with Crippen LogP contribution in [0, 0.1) is 10.2 Å². The van der Waals surface area contributed by atoms with Crippen LogP contribution in [0.4, 0.5) is 0 Å². The van der Waals surface area contributed by atoms with E-state index in [-0.39, 0.29) is 32.7 Å². The minimum absolute atomic E-state index is 0.0104. The van der Waals surface area contributed by atoms with Crippen LogP contribution in [-0.2, 0) is 4.79 Å². The average Bonchev–Trinajstić information content (AvgIpc) is 2.93. The number of rotatable bonds is 2. The van der Waals surface area contributed by atoms with Crippen LogP contribution in [0.15, 0.2) is 40.9 Å². The number of H-pyrrole nitrogens is 3. The fraction of sp³-hybridized carbons (Fsp3) is 0.250. The predicted octanol–water partition coefficient (Wildman–Crippen LogP) is 4.24. The molecule has 3 aromatic rings. The van der Waals surface area contributed by atoms with Crippen LogP contribution in [0.5, 0.6) is 0 Å². The molecule has 138 valence electrons. The Balaban J connectivity index is 2.12. The average molecular weight is 381 g/mol. The molecule has 0 unspecified atom stereocenters. The monoisotopic (exact) mass is 381 g/mol. The van der Waals surface area contributed by atoms with Crippen LogP contribution < -0.4 is 5.56 Å². The van der Waals surface area contributed by atoms with Crippen LogP contribution in [0.1, 0.15) is 32.3 Å². The van der Waals surface area contributed by atoms with E-state index < -0.39 is 5.56 Å². The first kappa shape index (κ1) is 17.5. The third-order valence-electron chi connectivity index (χ3n) is 4.86. The first-order valence-corrected chi connectivity index (χ1v) is 9.07. The maximum Gasteiger partial charge on any atom is 0.261 e. The van der Waals surface area contributed by atoms with Crippen molar-refractivity contribution in [2.24, 2.45) is 5.41 Å². The number of benzene rings is 1. The molecular weight excluding hydrogens is 362 g/mol. The third-order valence-corrected chi connectivity index (χ3v) is 5.06. The van der Waals surface area contributed by atoms with E-state index in [4.69, 9.17) is 12.2 Å². The van der Waals surface area contributed by atoms with Gasteiger partial charge in [-0.15, -0.1) is 0 Å². The van der Waals surface area contributed by atoms with Crippen molar-refractivity contribution in [2.45, 2.75) is 26.7 Å². The second-order valence-corrected chi connectivity index (χ2v) is 8.07. The summed E-state index contributed by atoms with van der Waals surface area (Å²) in [5.74, 6) is -0.167. The number of aliphatic hydroxyl groups is 1. The molecule has 1 aliphatic rings. The summed E-state index contributed by atoms with van der Waals surface area (Å²) in [7, 11) is 0. The molecule has 6 nitrogen and oxygen atoms in total. The number of carbonyl (C=O) groups excluding carboxylic acids is 1. The van der Waals surface area contributed by atoms with E-state index >= 15 is 0 Å². The minimum Gasteiger partial charge on any atom is -0.512 e. The largest absolute Gasteiger partial charge is 0.512 e. The van der Waals surface area contributed by atoms with Crippen molar-refractivity contribution in [3.63, 3.8) is 0 Å². The van der Waals surface area contributed by atoms with Gasteiger partial charge in [0.05, 0.1) is 16.7 Å². The molecule has 0 fully saturated rings. The molecule has 1 aromatic carbocycles. The van der Waals surface area contributed by atoms with Crippen molar-refractivity contribution in [3.05, 3.63) is 56.8 Å². The van der Waals surface area contributed by atoms with E-state index in [2.05, 4.69) is 15.0 Å². The van der Waals surface area contributed by atoms with Gasteiger partial charge in [0, 0.05) is 18.4 Å². The lowest BCUT2D eigenvalue weighted by Crippen LogP contribution is -2.25. The van der Waals surface area contributed by atoms with Crippen molar-refractivity contribution >= 4 is 34.6 Å². The Labute approximate surface area is 160 Å². The van der Waals surface area contributed by atoms with Crippen molar-refractivity contribution in [2.75, 3.05) is 0 Å². The normalized spacial score (nSPS) is 16.9. The molecule has 0 saturated heterocycles. The van der Waals surface area contributed by atoms with Gasteiger partial charge in [-0.25, -0.2) is 0 Å². The van der Waals surface area contributed by atoms with E-state index in [0.717, 1.165) is 5.56 Å². The van der Waals surface area contributed by atoms with E-state index in [1.165, 1.54) is 0 Å². The van der Waals surface area contributed by atoms with Crippen LogP contribution in [0.2, 0.25) is 0 Å². The van der Waals surface area contributed by atoms with Gasteiger partial charge in [-0.3, -0.25) is 14.6 Å². The molecule has 0 saturated carbocycles. The lowest BCUT2D eigenvalue weighted by Gasteiger charge is -2.29. The summed E-state index contributed by atoms with van der Waals surface area (Å²) in [5.41, 5.74) is 1.73. The summed E-state index contributed by atoms with van der Waals surface area (Å²) in [6.45, 7) is 3.88. The molecule has 0 aliphatic heterocycles. The maximum atomic E-state index is 12.9. The lowest BCUT2D eigenvalue weighted by molar-refractivity contribution is -0.116. The van der Waals surface area contributed by atoms with Crippen molar-refractivity contribution in [3.8, 4) is 11.3 Å². The number of aromatic amines is 3. The molecule has 2 heterocycles. The van der Waals surface area contributed by atoms with Gasteiger partial charge >= 0.3 is 0 Å². The van der Waals surface area contributed by atoms with Gasteiger partial charge in [0.1, 0.15) is 11.4 Å². The van der Waals surface area contributed by atoms with Gasteiger partial charge in [0.15, 0.2) is 10.6 Å². The molecule has 4 rings (SSSR count). The molecule has 0 atom stereocenters. The zero-order valence-electron chi connectivity index (χ0n) is 15.0. The molecule has 0 amide bonds. The standard InChI is InChI=1S/C20H19N3O3S/c1-20(2)8-11(24)13(12(25)9-20)14-15-17(22-19(27)23-18(15)26)21-16(14)10-6-4-3-5-7-10/h3-7,24H,8-9H2,1-2H3,(H3,21,22,23,26,27). The predicted molar refractivity (Wildman–Crippen MR) is 107 cm³/mol. The summed E-state index contributed by atoms with van der Waals surface area (Å²) in [4.78, 5) is 34.3. The molecular formula is C20H19N3O3S. The Morgan fingerprint density at radius 2 is 1.74 bits per heavy atom. The maximum absolute atomic E-state index is 12.9. The smallest absolute Gasteiger partial charge is 0.261 e.